The van der Waals surface area contributed by atoms with Gasteiger partial charge in [0.15, 0.2) is 0 Å². The molecule has 0 saturated heterocycles. The van der Waals surface area contributed by atoms with Crippen LogP contribution in [0.25, 0.3) is 0 Å². The lowest BCUT2D eigenvalue weighted by Gasteiger charge is -1.91. The van der Waals surface area contributed by atoms with Crippen LogP contribution in [0.1, 0.15) is 0 Å². The van der Waals surface area contributed by atoms with Gasteiger partial charge in [-0.25, -0.2) is 0 Å². The third kappa shape index (κ3) is 1.87. The Hall–Kier alpha value is -1.69. The lowest BCUT2D eigenvalue weighted by Crippen LogP contribution is -1.86. The van der Waals surface area contributed by atoms with Gasteiger partial charge in [-0.1, -0.05) is 6.08 Å². The Bertz CT molecular complexity index is 281. The van der Waals surface area contributed by atoms with E-state index in [1.807, 2.05) is 6.07 Å². The van der Waals surface area contributed by atoms with E-state index in [0.717, 1.165) is 0 Å². The zero-order valence-corrected chi connectivity index (χ0v) is 5.73. The van der Waals surface area contributed by atoms with Crippen molar-refractivity contribution in [2.24, 2.45) is 5.92 Å². The number of hydrogen-bond acceptors (Lipinski definition) is 3. The summed E-state index contributed by atoms with van der Waals surface area (Å²) in [5.74, 6) is -0.591. The number of nitriles is 1. The number of hydrogen-bond donors (Lipinski definition) is 2. The zero-order chi connectivity index (χ0) is 8.27. The van der Waals surface area contributed by atoms with Crippen molar-refractivity contribution < 1.29 is 10.2 Å². The molecule has 1 unspecified atom stereocenters. The molecular weight excluding hydrogens is 142 g/mol. The standard InChI is InChI=1S/C8H7NO2/c9-5-6-1-2-7(10)4-8(11)3-6/h1-4,6,10-11H. The van der Waals surface area contributed by atoms with Gasteiger partial charge < -0.3 is 10.2 Å². The Balaban J connectivity index is 2.94. The summed E-state index contributed by atoms with van der Waals surface area (Å²) in [6, 6.07) is 1.93. The van der Waals surface area contributed by atoms with Gasteiger partial charge in [0.05, 0.1) is 12.0 Å². The summed E-state index contributed by atoms with van der Waals surface area (Å²) in [4.78, 5) is 0. The van der Waals surface area contributed by atoms with E-state index >= 15 is 0 Å². The second kappa shape index (κ2) is 2.93. The maximum atomic E-state index is 8.99. The van der Waals surface area contributed by atoms with E-state index < -0.39 is 5.92 Å². The molecule has 1 rings (SSSR count). The number of rotatable bonds is 0. The van der Waals surface area contributed by atoms with Gasteiger partial charge in [0.1, 0.15) is 11.5 Å². The highest BCUT2D eigenvalue weighted by Crippen LogP contribution is 2.11. The van der Waals surface area contributed by atoms with Crippen molar-refractivity contribution in [2.75, 3.05) is 0 Å². The monoisotopic (exact) mass is 149 g/mol. The van der Waals surface area contributed by atoms with Crippen LogP contribution in [-0.4, -0.2) is 10.2 Å². The van der Waals surface area contributed by atoms with Crippen molar-refractivity contribution in [3.63, 3.8) is 0 Å². The molecule has 0 amide bonds. The van der Waals surface area contributed by atoms with Gasteiger partial charge in [0, 0.05) is 6.08 Å². The second-order valence-electron chi connectivity index (χ2n) is 2.17. The molecule has 0 aromatic heterocycles. The predicted molar refractivity (Wildman–Crippen MR) is 39.7 cm³/mol. The summed E-state index contributed by atoms with van der Waals surface area (Å²) < 4.78 is 0. The van der Waals surface area contributed by atoms with Crippen LogP contribution in [0.15, 0.2) is 35.8 Å². The van der Waals surface area contributed by atoms with E-state index in [-0.39, 0.29) is 11.5 Å². The summed E-state index contributed by atoms with van der Waals surface area (Å²) in [6.07, 6.45) is 5.44. The average Bonchev–Trinajstić information content (AvgIpc) is 2.11. The molecule has 0 bridgehead atoms. The number of allylic oxidation sites excluding steroid dienone is 4. The minimum Gasteiger partial charge on any atom is -0.508 e. The van der Waals surface area contributed by atoms with Crippen LogP contribution in [0.2, 0.25) is 0 Å². The molecule has 3 nitrogen and oxygen atoms in total. The molecule has 56 valence electrons. The van der Waals surface area contributed by atoms with Gasteiger partial charge >= 0.3 is 0 Å². The summed E-state index contributed by atoms with van der Waals surface area (Å²) in [5, 5.41) is 26.4. The molecule has 1 aliphatic carbocycles. The summed E-state index contributed by atoms with van der Waals surface area (Å²) in [5.41, 5.74) is 0. The van der Waals surface area contributed by atoms with Gasteiger partial charge in [-0.05, 0) is 12.2 Å². The summed E-state index contributed by atoms with van der Waals surface area (Å²) >= 11 is 0. The fourth-order valence-electron chi connectivity index (χ4n) is 0.770. The molecule has 0 radical (unpaired) electrons. The molecule has 0 heterocycles. The average molecular weight is 149 g/mol. The minimum atomic E-state index is -0.462. The SMILES string of the molecule is N#CC1C=CC(O)=CC(O)=C1. The minimum absolute atomic E-state index is 0.0449. The smallest absolute Gasteiger partial charge is 0.118 e. The van der Waals surface area contributed by atoms with Crippen molar-refractivity contribution in [3.05, 3.63) is 35.8 Å². The lowest BCUT2D eigenvalue weighted by atomic mass is 10.1. The normalized spacial score (nSPS) is 23.0. The maximum absolute atomic E-state index is 8.99. The lowest BCUT2D eigenvalue weighted by molar-refractivity contribution is 0.405. The number of aliphatic hydroxyl groups is 2. The summed E-state index contributed by atoms with van der Waals surface area (Å²) in [6.45, 7) is 0. The topological polar surface area (TPSA) is 64.2 Å². The van der Waals surface area contributed by atoms with Crippen LogP contribution in [0.3, 0.4) is 0 Å². The maximum Gasteiger partial charge on any atom is 0.118 e. The Morgan fingerprint density at radius 1 is 1.36 bits per heavy atom. The van der Waals surface area contributed by atoms with E-state index in [4.69, 9.17) is 15.5 Å². The first kappa shape index (κ1) is 7.42. The quantitative estimate of drug-likeness (QED) is 0.549. The van der Waals surface area contributed by atoms with Gasteiger partial charge in [0.25, 0.3) is 0 Å². The van der Waals surface area contributed by atoms with E-state index in [2.05, 4.69) is 0 Å². The van der Waals surface area contributed by atoms with Gasteiger partial charge in [0.2, 0.25) is 0 Å². The first-order valence-corrected chi connectivity index (χ1v) is 3.11. The molecule has 2 N–H and O–H groups in total. The van der Waals surface area contributed by atoms with E-state index in [0.29, 0.717) is 0 Å². The van der Waals surface area contributed by atoms with Gasteiger partial charge in [-0.2, -0.15) is 5.26 Å². The van der Waals surface area contributed by atoms with E-state index in [1.165, 1.54) is 24.3 Å². The second-order valence-corrected chi connectivity index (χ2v) is 2.17. The fourth-order valence-corrected chi connectivity index (χ4v) is 0.770. The highest BCUT2D eigenvalue weighted by molar-refractivity contribution is 5.30. The van der Waals surface area contributed by atoms with Crippen molar-refractivity contribution >= 4 is 0 Å². The highest BCUT2D eigenvalue weighted by atomic mass is 16.3. The number of aliphatic hydroxyl groups excluding tert-OH is 2. The molecule has 0 aromatic carbocycles. The Labute approximate surface area is 64.2 Å². The van der Waals surface area contributed by atoms with Crippen LogP contribution in [0.5, 0.6) is 0 Å². The first-order valence-electron chi connectivity index (χ1n) is 3.11. The zero-order valence-electron chi connectivity index (χ0n) is 5.73. The van der Waals surface area contributed by atoms with Crippen LogP contribution < -0.4 is 0 Å². The van der Waals surface area contributed by atoms with Crippen LogP contribution >= 0.6 is 0 Å². The third-order valence-corrected chi connectivity index (χ3v) is 1.27. The van der Waals surface area contributed by atoms with Crippen molar-refractivity contribution in [1.29, 1.82) is 5.26 Å². The number of nitrogens with zero attached hydrogens (tertiary/aromatic N) is 1. The Kier molecular flexibility index (Phi) is 1.98. The molecule has 11 heavy (non-hydrogen) atoms. The van der Waals surface area contributed by atoms with Crippen molar-refractivity contribution in [3.8, 4) is 6.07 Å². The van der Waals surface area contributed by atoms with E-state index in [1.54, 1.807) is 0 Å². The highest BCUT2D eigenvalue weighted by Gasteiger charge is 2.04. The first-order chi connectivity index (χ1) is 5.22. The largest absolute Gasteiger partial charge is 0.508 e. The molecular formula is C8H7NO2. The van der Waals surface area contributed by atoms with Crippen LogP contribution in [0.4, 0.5) is 0 Å². The van der Waals surface area contributed by atoms with Crippen LogP contribution in [0, 0.1) is 17.2 Å². The molecule has 1 aliphatic rings. The molecule has 0 fully saturated rings. The van der Waals surface area contributed by atoms with Gasteiger partial charge in [-0.3, -0.25) is 0 Å². The van der Waals surface area contributed by atoms with Gasteiger partial charge in [-0.15, -0.1) is 0 Å². The predicted octanol–water partition coefficient (Wildman–Crippen LogP) is 1.58. The fraction of sp³-hybridized carbons (Fsp3) is 0.125. The van der Waals surface area contributed by atoms with Crippen molar-refractivity contribution in [1.82, 2.24) is 0 Å². The molecule has 0 spiro atoms. The third-order valence-electron chi connectivity index (χ3n) is 1.27. The molecule has 0 aromatic rings. The molecule has 0 saturated carbocycles. The van der Waals surface area contributed by atoms with Crippen LogP contribution in [-0.2, 0) is 0 Å². The Morgan fingerprint density at radius 2 is 2.09 bits per heavy atom. The van der Waals surface area contributed by atoms with Crippen molar-refractivity contribution in [2.45, 2.75) is 0 Å². The summed E-state index contributed by atoms with van der Waals surface area (Å²) in [7, 11) is 0. The molecule has 3 heteroatoms. The molecule has 0 aliphatic heterocycles. The molecule has 1 atom stereocenters. The Morgan fingerprint density at radius 3 is 2.73 bits per heavy atom. The van der Waals surface area contributed by atoms with E-state index in [9.17, 15) is 0 Å².